The van der Waals surface area contributed by atoms with Gasteiger partial charge in [-0.05, 0) is 43.2 Å². The molecule has 0 atom stereocenters. The van der Waals surface area contributed by atoms with E-state index in [0.29, 0.717) is 11.5 Å². The fourth-order valence-electron chi connectivity index (χ4n) is 2.23. The van der Waals surface area contributed by atoms with Gasteiger partial charge < -0.3 is 10.6 Å². The Morgan fingerprint density at radius 1 is 1.00 bits per heavy atom. The van der Waals surface area contributed by atoms with E-state index >= 15 is 0 Å². The van der Waals surface area contributed by atoms with E-state index in [2.05, 4.69) is 36.5 Å². The number of carbonyl (C=O) groups is 1. The molecule has 0 spiro atoms. The number of hydrogen-bond donors (Lipinski definition) is 2. The molecule has 0 aliphatic rings. The summed E-state index contributed by atoms with van der Waals surface area (Å²) in [6.45, 7) is 4.00. The Hall–Kier alpha value is -2.73. The normalized spacial score (nSPS) is 10.4. The fraction of sp³-hybridized carbons (Fsp3) is 0.105. The molecule has 0 bridgehead atoms. The Bertz CT molecular complexity index is 910. The Balaban J connectivity index is 1.70. The van der Waals surface area contributed by atoms with Crippen LogP contribution in [0.25, 0.3) is 0 Å². The second-order valence-corrected chi connectivity index (χ2v) is 6.50. The van der Waals surface area contributed by atoms with E-state index in [1.165, 1.54) is 6.20 Å². The molecule has 0 saturated carbocycles. The van der Waals surface area contributed by atoms with Gasteiger partial charge in [0.1, 0.15) is 11.5 Å². The molecule has 0 unspecified atom stereocenters. The summed E-state index contributed by atoms with van der Waals surface area (Å²) in [4.78, 5) is 20.7. The monoisotopic (exact) mass is 396 g/mol. The van der Waals surface area contributed by atoms with Crippen LogP contribution in [0.2, 0.25) is 0 Å². The first-order valence-electron chi connectivity index (χ1n) is 7.75. The summed E-state index contributed by atoms with van der Waals surface area (Å²) >= 11 is 3.45. The van der Waals surface area contributed by atoms with Crippen molar-refractivity contribution >= 4 is 39.0 Å². The summed E-state index contributed by atoms with van der Waals surface area (Å²) in [6.07, 6.45) is 3.01. The van der Waals surface area contributed by atoms with Gasteiger partial charge in [0.05, 0.1) is 12.4 Å². The van der Waals surface area contributed by atoms with E-state index in [1.807, 2.05) is 56.3 Å². The van der Waals surface area contributed by atoms with Crippen LogP contribution in [-0.2, 0) is 0 Å². The van der Waals surface area contributed by atoms with E-state index in [9.17, 15) is 4.79 Å². The van der Waals surface area contributed by atoms with E-state index in [4.69, 9.17) is 0 Å². The fourth-order valence-corrected chi connectivity index (χ4v) is 2.61. The van der Waals surface area contributed by atoms with Crippen LogP contribution in [0.1, 0.15) is 21.6 Å². The standard InChI is InChI=1S/C19H17BrN4O/c1-12-7-8-14(9-15(12)20)23-19(25)17-10-22-18(11-21-17)24-16-6-4-3-5-13(16)2/h3-11H,1-2H3,(H,22,24)(H,23,25). The van der Waals surface area contributed by atoms with Crippen LogP contribution < -0.4 is 10.6 Å². The van der Waals surface area contributed by atoms with Gasteiger partial charge in [-0.3, -0.25) is 4.79 Å². The number of anilines is 3. The van der Waals surface area contributed by atoms with Gasteiger partial charge in [0, 0.05) is 15.8 Å². The summed E-state index contributed by atoms with van der Waals surface area (Å²) in [5.74, 6) is 0.287. The minimum atomic E-state index is -0.300. The van der Waals surface area contributed by atoms with Gasteiger partial charge in [-0.1, -0.05) is 40.2 Å². The third-order valence-electron chi connectivity index (χ3n) is 3.72. The second-order valence-electron chi connectivity index (χ2n) is 5.64. The van der Waals surface area contributed by atoms with Crippen LogP contribution >= 0.6 is 15.9 Å². The maximum absolute atomic E-state index is 12.3. The summed E-state index contributed by atoms with van der Waals surface area (Å²) in [5, 5.41) is 6.00. The molecule has 2 N–H and O–H groups in total. The van der Waals surface area contributed by atoms with Crippen molar-refractivity contribution in [2.45, 2.75) is 13.8 Å². The molecule has 5 nitrogen and oxygen atoms in total. The first kappa shape index (κ1) is 17.1. The maximum Gasteiger partial charge on any atom is 0.275 e. The highest BCUT2D eigenvalue weighted by Crippen LogP contribution is 2.21. The first-order chi connectivity index (χ1) is 12.0. The lowest BCUT2D eigenvalue weighted by Crippen LogP contribution is -2.14. The molecule has 126 valence electrons. The topological polar surface area (TPSA) is 66.9 Å². The van der Waals surface area contributed by atoms with Crippen molar-refractivity contribution in [1.29, 1.82) is 0 Å². The highest BCUT2D eigenvalue weighted by Gasteiger charge is 2.09. The van der Waals surface area contributed by atoms with Gasteiger partial charge in [0.2, 0.25) is 0 Å². The maximum atomic E-state index is 12.3. The van der Waals surface area contributed by atoms with Crippen LogP contribution in [0, 0.1) is 13.8 Å². The van der Waals surface area contributed by atoms with Gasteiger partial charge in [0.15, 0.2) is 0 Å². The minimum Gasteiger partial charge on any atom is -0.339 e. The smallest absolute Gasteiger partial charge is 0.275 e. The zero-order valence-corrected chi connectivity index (χ0v) is 15.5. The highest BCUT2D eigenvalue weighted by molar-refractivity contribution is 9.10. The number of nitrogens with one attached hydrogen (secondary N) is 2. The summed E-state index contributed by atoms with van der Waals surface area (Å²) in [6, 6.07) is 13.5. The number of halogens is 1. The lowest BCUT2D eigenvalue weighted by atomic mass is 10.2. The summed E-state index contributed by atoms with van der Waals surface area (Å²) in [7, 11) is 0. The van der Waals surface area contributed by atoms with Crippen LogP contribution in [0.3, 0.4) is 0 Å². The predicted molar refractivity (Wildman–Crippen MR) is 103 cm³/mol. The van der Waals surface area contributed by atoms with Crippen LogP contribution in [0.4, 0.5) is 17.2 Å². The van der Waals surface area contributed by atoms with Gasteiger partial charge in [0.25, 0.3) is 5.91 Å². The predicted octanol–water partition coefficient (Wildman–Crippen LogP) is 4.85. The zero-order chi connectivity index (χ0) is 17.8. The van der Waals surface area contributed by atoms with E-state index in [0.717, 1.165) is 21.3 Å². The molecule has 0 saturated heterocycles. The van der Waals surface area contributed by atoms with Crippen molar-refractivity contribution < 1.29 is 4.79 Å². The molecule has 3 aromatic rings. The number of hydrogen-bond acceptors (Lipinski definition) is 4. The third kappa shape index (κ3) is 4.22. The number of aromatic nitrogens is 2. The summed E-state index contributed by atoms with van der Waals surface area (Å²) in [5.41, 5.74) is 4.12. The van der Waals surface area contributed by atoms with Crippen molar-refractivity contribution in [1.82, 2.24) is 9.97 Å². The Labute approximate surface area is 154 Å². The van der Waals surface area contributed by atoms with Gasteiger partial charge in [-0.2, -0.15) is 0 Å². The molecule has 1 aromatic heterocycles. The Morgan fingerprint density at radius 2 is 1.80 bits per heavy atom. The molecule has 25 heavy (non-hydrogen) atoms. The van der Waals surface area contributed by atoms with Crippen LogP contribution in [0.5, 0.6) is 0 Å². The number of amides is 1. The average Bonchev–Trinajstić information content (AvgIpc) is 2.61. The number of para-hydroxylation sites is 1. The number of nitrogens with zero attached hydrogens (tertiary/aromatic N) is 2. The minimum absolute atomic E-state index is 0.257. The van der Waals surface area contributed by atoms with Crippen molar-refractivity contribution in [3.8, 4) is 0 Å². The molecule has 2 aromatic carbocycles. The number of carbonyl (C=O) groups excluding carboxylic acids is 1. The van der Waals surface area contributed by atoms with Crippen molar-refractivity contribution in [2.75, 3.05) is 10.6 Å². The molecule has 0 aliphatic carbocycles. The first-order valence-corrected chi connectivity index (χ1v) is 8.54. The van der Waals surface area contributed by atoms with Crippen molar-refractivity contribution in [3.63, 3.8) is 0 Å². The molecule has 0 aliphatic heterocycles. The molecule has 1 heterocycles. The largest absolute Gasteiger partial charge is 0.339 e. The lowest BCUT2D eigenvalue weighted by molar-refractivity contribution is 0.102. The Kier molecular flexibility index (Phi) is 5.09. The highest BCUT2D eigenvalue weighted by atomic mass is 79.9. The SMILES string of the molecule is Cc1ccc(NC(=O)c2cnc(Nc3ccccc3C)cn2)cc1Br. The number of rotatable bonds is 4. The summed E-state index contributed by atoms with van der Waals surface area (Å²) < 4.78 is 0.939. The van der Waals surface area contributed by atoms with E-state index in [-0.39, 0.29) is 11.6 Å². The molecule has 0 fully saturated rings. The molecule has 0 radical (unpaired) electrons. The van der Waals surface area contributed by atoms with Crippen LogP contribution in [0.15, 0.2) is 59.3 Å². The van der Waals surface area contributed by atoms with Gasteiger partial charge >= 0.3 is 0 Å². The molecule has 6 heteroatoms. The molecule has 1 amide bonds. The van der Waals surface area contributed by atoms with E-state index < -0.39 is 0 Å². The molecular formula is C19H17BrN4O. The Morgan fingerprint density at radius 3 is 2.48 bits per heavy atom. The van der Waals surface area contributed by atoms with E-state index in [1.54, 1.807) is 6.20 Å². The van der Waals surface area contributed by atoms with Gasteiger partial charge in [-0.25, -0.2) is 9.97 Å². The third-order valence-corrected chi connectivity index (χ3v) is 4.58. The van der Waals surface area contributed by atoms with Crippen LogP contribution in [-0.4, -0.2) is 15.9 Å². The number of aryl methyl sites for hydroxylation is 2. The van der Waals surface area contributed by atoms with Crippen molar-refractivity contribution in [2.24, 2.45) is 0 Å². The number of benzene rings is 2. The second kappa shape index (κ2) is 7.44. The molecule has 3 rings (SSSR count). The average molecular weight is 397 g/mol. The quantitative estimate of drug-likeness (QED) is 0.661. The lowest BCUT2D eigenvalue weighted by Gasteiger charge is -2.09. The van der Waals surface area contributed by atoms with Gasteiger partial charge in [-0.15, -0.1) is 0 Å². The van der Waals surface area contributed by atoms with Crippen molar-refractivity contribution in [3.05, 3.63) is 76.2 Å². The zero-order valence-electron chi connectivity index (χ0n) is 13.9. The molecular weight excluding hydrogens is 380 g/mol.